The minimum absolute atomic E-state index is 0.0735. The molecule has 2 aromatic carbocycles. The zero-order valence-corrected chi connectivity index (χ0v) is 20.0. The fourth-order valence-corrected chi connectivity index (χ4v) is 4.57. The number of ether oxygens (including phenoxy) is 1. The normalized spacial score (nSPS) is 15.1. The lowest BCUT2D eigenvalue weighted by Crippen LogP contribution is -2.40. The summed E-state index contributed by atoms with van der Waals surface area (Å²) in [4.78, 5) is 26.7. The predicted molar refractivity (Wildman–Crippen MR) is 132 cm³/mol. The van der Waals surface area contributed by atoms with Crippen molar-refractivity contribution in [1.82, 2.24) is 0 Å². The molecule has 1 fully saturated rings. The third-order valence-corrected chi connectivity index (χ3v) is 6.45. The van der Waals surface area contributed by atoms with Crippen molar-refractivity contribution in [2.45, 2.75) is 64.8 Å². The van der Waals surface area contributed by atoms with Gasteiger partial charge >= 0.3 is 5.97 Å². The van der Waals surface area contributed by atoms with Gasteiger partial charge < -0.3 is 20.1 Å². The second kappa shape index (κ2) is 11.8. The molecule has 2 aromatic rings. The molecular weight excluding hydrogens is 416 g/mol. The van der Waals surface area contributed by atoms with Crippen molar-refractivity contribution in [3.05, 3.63) is 59.2 Å². The van der Waals surface area contributed by atoms with E-state index in [2.05, 4.69) is 17.1 Å². The summed E-state index contributed by atoms with van der Waals surface area (Å²) < 4.78 is 5.55. The second-order valence-corrected chi connectivity index (χ2v) is 8.82. The van der Waals surface area contributed by atoms with Crippen molar-refractivity contribution < 1.29 is 19.4 Å². The van der Waals surface area contributed by atoms with Crippen LogP contribution in [0.5, 0.6) is 0 Å². The van der Waals surface area contributed by atoms with Crippen molar-refractivity contribution in [2.75, 3.05) is 30.0 Å². The smallest absolute Gasteiger partial charge is 0.303 e. The highest BCUT2D eigenvalue weighted by atomic mass is 16.5. The van der Waals surface area contributed by atoms with Crippen molar-refractivity contribution in [3.8, 4) is 0 Å². The first-order valence-electron chi connectivity index (χ1n) is 12.0. The molecule has 0 radical (unpaired) electrons. The minimum Gasteiger partial charge on any atom is -0.481 e. The number of rotatable bonds is 10. The standard InChI is InChI=1S/C27H36N2O4/c1-4-21(18-27(31)32)22-10-11-25(29(5-2)23-12-14-33-15-13-23)24(17-22)28-26(30)16-20-8-6-19(3)7-9-20/h6-11,17,21,23H,4-5,12-16,18H2,1-3H3,(H,28,30)(H,31,32). The quantitative estimate of drug-likeness (QED) is 0.521. The summed E-state index contributed by atoms with van der Waals surface area (Å²) in [7, 11) is 0. The van der Waals surface area contributed by atoms with E-state index >= 15 is 0 Å². The van der Waals surface area contributed by atoms with Gasteiger partial charge in [0, 0.05) is 25.8 Å². The highest BCUT2D eigenvalue weighted by Gasteiger charge is 2.24. The first-order chi connectivity index (χ1) is 15.9. The van der Waals surface area contributed by atoms with E-state index in [1.165, 1.54) is 0 Å². The first kappa shape index (κ1) is 24.8. The number of carbonyl (C=O) groups is 2. The number of aryl methyl sites for hydroxylation is 1. The summed E-state index contributed by atoms with van der Waals surface area (Å²) in [5.41, 5.74) is 4.80. The maximum absolute atomic E-state index is 13.0. The van der Waals surface area contributed by atoms with Crippen LogP contribution in [-0.2, 0) is 20.7 Å². The predicted octanol–water partition coefficient (Wildman–Crippen LogP) is 5.15. The summed E-state index contributed by atoms with van der Waals surface area (Å²) in [6.07, 6.45) is 2.98. The zero-order valence-electron chi connectivity index (χ0n) is 20.0. The third-order valence-electron chi connectivity index (χ3n) is 6.45. The Hall–Kier alpha value is -2.86. The van der Waals surface area contributed by atoms with Crippen LogP contribution >= 0.6 is 0 Å². The van der Waals surface area contributed by atoms with Crippen LogP contribution in [0.1, 0.15) is 62.1 Å². The van der Waals surface area contributed by atoms with E-state index in [0.29, 0.717) is 12.5 Å². The van der Waals surface area contributed by atoms with Gasteiger partial charge in [-0.25, -0.2) is 0 Å². The molecule has 1 unspecified atom stereocenters. The van der Waals surface area contributed by atoms with Crippen LogP contribution in [0.2, 0.25) is 0 Å². The van der Waals surface area contributed by atoms with E-state index in [4.69, 9.17) is 4.74 Å². The second-order valence-electron chi connectivity index (χ2n) is 8.82. The number of carboxylic acids is 1. The molecule has 178 valence electrons. The Labute approximate surface area is 196 Å². The Morgan fingerprint density at radius 1 is 1.12 bits per heavy atom. The van der Waals surface area contributed by atoms with Gasteiger partial charge in [0.2, 0.25) is 5.91 Å². The first-order valence-corrected chi connectivity index (χ1v) is 12.0. The molecule has 0 aromatic heterocycles. The van der Waals surface area contributed by atoms with Gasteiger partial charge in [-0.2, -0.15) is 0 Å². The molecule has 6 heteroatoms. The lowest BCUT2D eigenvalue weighted by Gasteiger charge is -2.36. The van der Waals surface area contributed by atoms with Gasteiger partial charge in [0.1, 0.15) is 0 Å². The summed E-state index contributed by atoms with van der Waals surface area (Å²) in [5.74, 6) is -0.984. The molecule has 3 rings (SSSR count). The molecule has 33 heavy (non-hydrogen) atoms. The molecule has 1 amide bonds. The van der Waals surface area contributed by atoms with Crippen LogP contribution < -0.4 is 10.2 Å². The number of aliphatic carboxylic acids is 1. The van der Waals surface area contributed by atoms with Crippen LogP contribution in [0.25, 0.3) is 0 Å². The van der Waals surface area contributed by atoms with Gasteiger partial charge in [-0.3, -0.25) is 9.59 Å². The van der Waals surface area contributed by atoms with Crippen LogP contribution in [0.15, 0.2) is 42.5 Å². The Bertz CT molecular complexity index is 936. The number of anilines is 2. The zero-order chi connectivity index (χ0) is 23.8. The van der Waals surface area contributed by atoms with E-state index in [0.717, 1.165) is 67.1 Å². The molecule has 0 aliphatic carbocycles. The van der Waals surface area contributed by atoms with Crippen LogP contribution in [0, 0.1) is 6.92 Å². The summed E-state index contributed by atoms with van der Waals surface area (Å²) >= 11 is 0. The van der Waals surface area contributed by atoms with Crippen molar-refractivity contribution in [3.63, 3.8) is 0 Å². The van der Waals surface area contributed by atoms with Gasteiger partial charge in [0.25, 0.3) is 0 Å². The fourth-order valence-electron chi connectivity index (χ4n) is 4.57. The molecule has 1 aliphatic heterocycles. The number of nitrogens with zero attached hydrogens (tertiary/aromatic N) is 1. The number of nitrogens with one attached hydrogen (secondary N) is 1. The highest BCUT2D eigenvalue weighted by molar-refractivity contribution is 5.96. The summed E-state index contributed by atoms with van der Waals surface area (Å²) in [5, 5.41) is 12.5. The van der Waals surface area contributed by atoms with E-state index in [1.807, 2.05) is 56.3 Å². The summed E-state index contributed by atoms with van der Waals surface area (Å²) in [6.45, 7) is 8.45. The van der Waals surface area contributed by atoms with Gasteiger partial charge in [-0.15, -0.1) is 0 Å². The number of carbonyl (C=O) groups excluding carboxylic acids is 1. The Morgan fingerprint density at radius 2 is 1.82 bits per heavy atom. The average molecular weight is 453 g/mol. The van der Waals surface area contributed by atoms with Crippen molar-refractivity contribution in [1.29, 1.82) is 0 Å². The summed E-state index contributed by atoms with van der Waals surface area (Å²) in [6, 6.07) is 14.4. The Balaban J connectivity index is 1.91. The van der Waals surface area contributed by atoms with Crippen molar-refractivity contribution in [2.24, 2.45) is 0 Å². The number of amides is 1. The number of carboxylic acid groups (broad SMARTS) is 1. The molecule has 1 aliphatic rings. The monoisotopic (exact) mass is 452 g/mol. The average Bonchev–Trinajstić information content (AvgIpc) is 2.81. The fraction of sp³-hybridized carbons (Fsp3) is 0.481. The van der Waals surface area contributed by atoms with Gasteiger partial charge in [-0.05, 0) is 62.3 Å². The number of hydrogen-bond donors (Lipinski definition) is 2. The van der Waals surface area contributed by atoms with Gasteiger partial charge in [0.05, 0.1) is 24.2 Å². The largest absolute Gasteiger partial charge is 0.481 e. The Morgan fingerprint density at radius 3 is 2.42 bits per heavy atom. The molecule has 0 spiro atoms. The molecule has 1 heterocycles. The van der Waals surface area contributed by atoms with E-state index in [-0.39, 0.29) is 18.2 Å². The number of hydrogen-bond acceptors (Lipinski definition) is 4. The molecule has 1 atom stereocenters. The minimum atomic E-state index is -0.812. The highest BCUT2D eigenvalue weighted by Crippen LogP contribution is 2.35. The lowest BCUT2D eigenvalue weighted by atomic mass is 9.92. The van der Waals surface area contributed by atoms with E-state index in [9.17, 15) is 14.7 Å². The molecule has 2 N–H and O–H groups in total. The molecule has 6 nitrogen and oxygen atoms in total. The van der Waals surface area contributed by atoms with Crippen molar-refractivity contribution >= 4 is 23.3 Å². The lowest BCUT2D eigenvalue weighted by molar-refractivity contribution is -0.137. The van der Waals surface area contributed by atoms with E-state index in [1.54, 1.807) is 0 Å². The maximum atomic E-state index is 13.0. The van der Waals surface area contributed by atoms with Crippen LogP contribution in [0.4, 0.5) is 11.4 Å². The molecule has 0 saturated carbocycles. The van der Waals surface area contributed by atoms with Gasteiger partial charge in [-0.1, -0.05) is 42.8 Å². The topological polar surface area (TPSA) is 78.9 Å². The molecular formula is C27H36N2O4. The molecule has 0 bridgehead atoms. The molecule has 1 saturated heterocycles. The van der Waals surface area contributed by atoms with Crippen LogP contribution in [-0.4, -0.2) is 42.8 Å². The van der Waals surface area contributed by atoms with Gasteiger partial charge in [0.15, 0.2) is 0 Å². The third kappa shape index (κ3) is 6.81. The Kier molecular flexibility index (Phi) is 8.89. The SMILES string of the molecule is CCC(CC(=O)O)c1ccc(N(CC)C2CCOCC2)c(NC(=O)Cc2ccc(C)cc2)c1. The van der Waals surface area contributed by atoms with E-state index < -0.39 is 5.97 Å². The number of benzene rings is 2. The van der Waals surface area contributed by atoms with Crippen LogP contribution in [0.3, 0.4) is 0 Å². The maximum Gasteiger partial charge on any atom is 0.303 e.